The summed E-state index contributed by atoms with van der Waals surface area (Å²) in [5, 5.41) is 49.0. The number of fused-ring (bicyclic) bond motifs is 6. The van der Waals surface area contributed by atoms with E-state index in [0.717, 1.165) is 21.5 Å². The number of phenols is 4. The lowest BCUT2D eigenvalue weighted by atomic mass is 9.87. The Morgan fingerprint density at radius 3 is 1.12 bits per heavy atom. The van der Waals surface area contributed by atoms with Crippen molar-refractivity contribution < 1.29 is 39.4 Å². The molecule has 0 aliphatic carbocycles. The number of benzene rings is 6. The van der Waals surface area contributed by atoms with Crippen molar-refractivity contribution in [2.45, 2.75) is 0 Å². The number of rotatable bonds is 5. The first-order valence-electron chi connectivity index (χ1n) is 12.4. The molecule has 0 aliphatic rings. The zero-order chi connectivity index (χ0) is 28.3. The van der Waals surface area contributed by atoms with Gasteiger partial charge in [-0.2, -0.15) is 0 Å². The van der Waals surface area contributed by atoms with Gasteiger partial charge in [-0.15, -0.1) is 0 Å². The maximum atomic E-state index is 11.7. The highest BCUT2D eigenvalue weighted by Crippen LogP contribution is 2.58. The van der Waals surface area contributed by atoms with Crippen molar-refractivity contribution in [3.63, 3.8) is 0 Å². The third-order valence-electron chi connectivity index (χ3n) is 7.38. The zero-order valence-corrected chi connectivity index (χ0v) is 22.2. The predicted molar refractivity (Wildman–Crippen MR) is 155 cm³/mol. The van der Waals surface area contributed by atoms with Crippen LogP contribution in [0, 0.1) is 0 Å². The predicted octanol–water partition coefficient (Wildman–Crippen LogP) is 6.82. The van der Waals surface area contributed by atoms with Gasteiger partial charge in [0, 0.05) is 21.9 Å². The smallest absolute Gasteiger partial charge is 0.204 e. The average Bonchev–Trinajstić information content (AvgIpc) is 2.95. The van der Waals surface area contributed by atoms with Crippen molar-refractivity contribution >= 4 is 43.1 Å². The summed E-state index contributed by atoms with van der Waals surface area (Å²) in [5.74, 6) is 0.522. The zero-order valence-electron chi connectivity index (χ0n) is 22.2. The first kappa shape index (κ1) is 25.1. The Balaban J connectivity index is 1.90. The fourth-order valence-electron chi connectivity index (χ4n) is 5.74. The fraction of sp³-hybridized carbons (Fsp3) is 0.125. The molecule has 6 aromatic carbocycles. The SMILES string of the molecule is COc1c(O)c(-c2c(O)c(OC)c(OC)c3c2ccc2cc(O)ccc23)c2ccc3cc(O)ccc3c2c1OC. The molecular formula is C32H26O8. The molecule has 0 aliphatic heterocycles. The second kappa shape index (κ2) is 9.20. The molecule has 4 N–H and O–H groups in total. The van der Waals surface area contributed by atoms with Crippen LogP contribution >= 0.6 is 0 Å². The molecule has 40 heavy (non-hydrogen) atoms. The van der Waals surface area contributed by atoms with Crippen LogP contribution in [0.2, 0.25) is 0 Å². The Morgan fingerprint density at radius 1 is 0.425 bits per heavy atom. The van der Waals surface area contributed by atoms with Gasteiger partial charge >= 0.3 is 0 Å². The van der Waals surface area contributed by atoms with E-state index in [9.17, 15) is 20.4 Å². The van der Waals surface area contributed by atoms with Crippen molar-refractivity contribution in [1.82, 2.24) is 0 Å². The van der Waals surface area contributed by atoms with Crippen molar-refractivity contribution in [3.8, 4) is 57.1 Å². The lowest BCUT2D eigenvalue weighted by Crippen LogP contribution is -1.99. The van der Waals surface area contributed by atoms with Crippen molar-refractivity contribution in [3.05, 3.63) is 60.7 Å². The lowest BCUT2D eigenvalue weighted by molar-refractivity contribution is 0.335. The van der Waals surface area contributed by atoms with Crippen LogP contribution < -0.4 is 18.9 Å². The maximum absolute atomic E-state index is 11.7. The molecule has 0 radical (unpaired) electrons. The van der Waals surface area contributed by atoms with Crippen LogP contribution in [0.25, 0.3) is 54.2 Å². The van der Waals surface area contributed by atoms with E-state index in [0.29, 0.717) is 44.2 Å². The average molecular weight is 539 g/mol. The summed E-state index contributed by atoms with van der Waals surface area (Å²) in [7, 11) is 5.83. The van der Waals surface area contributed by atoms with Gasteiger partial charge in [0.05, 0.1) is 28.4 Å². The summed E-state index contributed by atoms with van der Waals surface area (Å²) in [6, 6.07) is 17.2. The minimum atomic E-state index is -0.236. The van der Waals surface area contributed by atoms with Gasteiger partial charge in [0.1, 0.15) is 11.5 Å². The van der Waals surface area contributed by atoms with Gasteiger partial charge in [-0.25, -0.2) is 0 Å². The van der Waals surface area contributed by atoms with E-state index in [-0.39, 0.29) is 34.5 Å². The molecule has 0 atom stereocenters. The van der Waals surface area contributed by atoms with Gasteiger partial charge in [0.2, 0.25) is 11.5 Å². The van der Waals surface area contributed by atoms with Crippen molar-refractivity contribution in [2.24, 2.45) is 0 Å². The quantitative estimate of drug-likeness (QED) is 0.177. The molecule has 202 valence electrons. The Labute approximate surface area is 228 Å². The van der Waals surface area contributed by atoms with Crippen LogP contribution in [0.3, 0.4) is 0 Å². The number of hydrogen-bond acceptors (Lipinski definition) is 8. The molecule has 0 spiro atoms. The standard InChI is InChI=1S/C32H26O8/c1-37-29-23-19-11-7-17(33)13-15(19)5-9-21(23)25(27(35)31(29)39-3)26-22-10-6-16-14-18(34)8-12-20(16)24(22)30(38-2)32(40-4)28(26)36/h5-14,33-36H,1-4H3. The van der Waals surface area contributed by atoms with Gasteiger partial charge in [0.15, 0.2) is 23.0 Å². The molecule has 6 aromatic rings. The van der Waals surface area contributed by atoms with Crippen molar-refractivity contribution in [1.29, 1.82) is 0 Å². The van der Waals surface area contributed by atoms with E-state index < -0.39 is 0 Å². The van der Waals surface area contributed by atoms with Crippen molar-refractivity contribution in [2.75, 3.05) is 28.4 Å². The van der Waals surface area contributed by atoms with Gasteiger partial charge < -0.3 is 39.4 Å². The normalized spacial score (nSPS) is 11.4. The second-order valence-corrected chi connectivity index (χ2v) is 9.37. The summed E-state index contributed by atoms with van der Waals surface area (Å²) < 4.78 is 22.8. The number of aromatic hydroxyl groups is 4. The number of methoxy groups -OCH3 is 4. The van der Waals surface area contributed by atoms with Crippen LogP contribution in [0.5, 0.6) is 46.0 Å². The Morgan fingerprint density at radius 2 is 0.775 bits per heavy atom. The summed E-state index contributed by atoms with van der Waals surface area (Å²) in [5.41, 5.74) is 0.591. The summed E-state index contributed by atoms with van der Waals surface area (Å²) in [6.45, 7) is 0. The van der Waals surface area contributed by atoms with E-state index in [1.54, 1.807) is 48.5 Å². The lowest BCUT2D eigenvalue weighted by Gasteiger charge is -2.23. The molecule has 8 nitrogen and oxygen atoms in total. The Bertz CT molecular complexity index is 1850. The topological polar surface area (TPSA) is 118 Å². The first-order valence-corrected chi connectivity index (χ1v) is 12.4. The van der Waals surface area contributed by atoms with E-state index in [2.05, 4.69) is 0 Å². The molecule has 0 amide bonds. The molecule has 0 aromatic heterocycles. The molecule has 0 saturated carbocycles. The number of hydrogen-bond donors (Lipinski definition) is 4. The molecule has 0 saturated heterocycles. The molecule has 0 heterocycles. The van der Waals surface area contributed by atoms with E-state index in [1.165, 1.54) is 28.4 Å². The third kappa shape index (κ3) is 3.39. The minimum Gasteiger partial charge on any atom is -0.508 e. The molecule has 0 fully saturated rings. The highest BCUT2D eigenvalue weighted by molar-refractivity contribution is 6.24. The van der Waals surface area contributed by atoms with Gasteiger partial charge in [0.25, 0.3) is 0 Å². The number of ether oxygens (including phenoxy) is 4. The van der Waals surface area contributed by atoms with E-state index in [1.807, 2.05) is 12.1 Å². The highest BCUT2D eigenvalue weighted by Gasteiger charge is 2.30. The summed E-state index contributed by atoms with van der Waals surface area (Å²) in [4.78, 5) is 0. The number of phenolic OH excluding ortho intramolecular Hbond substituents is 4. The highest BCUT2D eigenvalue weighted by atomic mass is 16.5. The maximum Gasteiger partial charge on any atom is 0.204 e. The first-order chi connectivity index (χ1) is 19.3. The molecule has 8 heteroatoms. The van der Waals surface area contributed by atoms with Crippen LogP contribution in [0.4, 0.5) is 0 Å². The van der Waals surface area contributed by atoms with Gasteiger partial charge in [-0.05, 0) is 68.7 Å². The summed E-state index contributed by atoms with van der Waals surface area (Å²) in [6.07, 6.45) is 0. The monoisotopic (exact) mass is 538 g/mol. The molecule has 6 rings (SSSR count). The van der Waals surface area contributed by atoms with Gasteiger partial charge in [-0.3, -0.25) is 0 Å². The molecule has 0 bridgehead atoms. The fourth-order valence-corrected chi connectivity index (χ4v) is 5.74. The van der Waals surface area contributed by atoms with E-state index >= 15 is 0 Å². The summed E-state index contributed by atoms with van der Waals surface area (Å²) >= 11 is 0. The second-order valence-electron chi connectivity index (χ2n) is 9.37. The van der Waals surface area contributed by atoms with E-state index in [4.69, 9.17) is 18.9 Å². The van der Waals surface area contributed by atoms with Crippen LogP contribution in [0.15, 0.2) is 60.7 Å². The molecular weight excluding hydrogens is 512 g/mol. The van der Waals surface area contributed by atoms with Crippen LogP contribution in [-0.4, -0.2) is 48.9 Å². The largest absolute Gasteiger partial charge is 0.508 e. The van der Waals surface area contributed by atoms with Crippen LogP contribution in [0.1, 0.15) is 0 Å². The Hall–Kier alpha value is -5.24. The third-order valence-corrected chi connectivity index (χ3v) is 7.38. The molecule has 0 unspecified atom stereocenters. The minimum absolute atomic E-state index is 0.0821. The van der Waals surface area contributed by atoms with Crippen LogP contribution in [-0.2, 0) is 0 Å². The van der Waals surface area contributed by atoms with Gasteiger partial charge in [-0.1, -0.05) is 24.3 Å². The Kier molecular flexibility index (Phi) is 5.76.